The van der Waals surface area contributed by atoms with Crippen LogP contribution in [-0.4, -0.2) is 11.9 Å². The topological polar surface area (TPSA) is 55.1 Å². The predicted octanol–water partition coefficient (Wildman–Crippen LogP) is 2.10. The normalized spacial score (nSPS) is 26.2. The van der Waals surface area contributed by atoms with Crippen molar-refractivity contribution >= 4 is 11.6 Å². The molecule has 1 aliphatic carbocycles. The number of hydrogen-bond acceptors (Lipinski definition) is 2. The third kappa shape index (κ3) is 1.83. The molecule has 16 heavy (non-hydrogen) atoms. The van der Waals surface area contributed by atoms with Crippen molar-refractivity contribution in [3.63, 3.8) is 0 Å². The molecule has 1 aromatic carbocycles. The van der Waals surface area contributed by atoms with Gasteiger partial charge in [-0.25, -0.2) is 0 Å². The Morgan fingerprint density at radius 2 is 1.81 bits per heavy atom. The molecule has 1 fully saturated rings. The molecule has 2 rings (SSSR count). The van der Waals surface area contributed by atoms with Gasteiger partial charge in [-0.2, -0.15) is 0 Å². The molecule has 0 aromatic heterocycles. The molecule has 1 saturated carbocycles. The maximum absolute atomic E-state index is 10.9. The van der Waals surface area contributed by atoms with Crippen LogP contribution in [0.2, 0.25) is 0 Å². The second-order valence-electron chi connectivity index (χ2n) is 5.13. The Hall–Kier alpha value is -1.35. The van der Waals surface area contributed by atoms with E-state index in [9.17, 15) is 4.79 Å². The fraction of sp³-hybridized carbons (Fsp3) is 0.462. The van der Waals surface area contributed by atoms with Crippen LogP contribution in [0.25, 0.3) is 0 Å². The zero-order chi connectivity index (χ0) is 11.9. The van der Waals surface area contributed by atoms with E-state index in [0.29, 0.717) is 5.92 Å². The lowest BCUT2D eigenvalue weighted by atomic mass is 10.0. The van der Waals surface area contributed by atoms with Crippen LogP contribution in [0.5, 0.6) is 0 Å². The summed E-state index contributed by atoms with van der Waals surface area (Å²) in [5.41, 5.74) is 8.32. The Morgan fingerprint density at radius 3 is 2.19 bits per heavy atom. The van der Waals surface area contributed by atoms with Gasteiger partial charge in [0.2, 0.25) is 5.91 Å². The predicted molar refractivity (Wildman–Crippen MR) is 65.2 cm³/mol. The highest BCUT2D eigenvalue weighted by molar-refractivity contribution is 5.88. The highest BCUT2D eigenvalue weighted by atomic mass is 16.1. The van der Waals surface area contributed by atoms with Crippen LogP contribution in [0.1, 0.15) is 32.3 Å². The largest absolute Gasteiger partial charge is 0.327 e. The van der Waals surface area contributed by atoms with Gasteiger partial charge in [0.1, 0.15) is 0 Å². The van der Waals surface area contributed by atoms with Crippen LogP contribution in [0.15, 0.2) is 24.3 Å². The van der Waals surface area contributed by atoms with Gasteiger partial charge in [0.25, 0.3) is 0 Å². The zero-order valence-electron chi connectivity index (χ0n) is 9.95. The molecule has 0 saturated heterocycles. The second-order valence-corrected chi connectivity index (χ2v) is 5.13. The molecule has 3 nitrogen and oxygen atoms in total. The summed E-state index contributed by atoms with van der Waals surface area (Å²) >= 11 is 0. The number of carbonyl (C=O) groups excluding carboxylic acids is 1. The molecular formula is C13H18N2O. The summed E-state index contributed by atoms with van der Waals surface area (Å²) < 4.78 is 0. The number of rotatable bonds is 2. The Kier molecular flexibility index (Phi) is 2.50. The second kappa shape index (κ2) is 3.59. The van der Waals surface area contributed by atoms with Crippen LogP contribution in [0.4, 0.5) is 5.69 Å². The molecule has 3 heteroatoms. The molecule has 1 aromatic rings. The maximum Gasteiger partial charge on any atom is 0.221 e. The molecule has 0 heterocycles. The molecule has 0 unspecified atom stereocenters. The summed E-state index contributed by atoms with van der Waals surface area (Å²) in [6.07, 6.45) is 0. The third-order valence-corrected chi connectivity index (χ3v) is 3.50. The molecule has 0 aliphatic heterocycles. The zero-order valence-corrected chi connectivity index (χ0v) is 9.95. The first-order valence-corrected chi connectivity index (χ1v) is 5.56. The van der Waals surface area contributed by atoms with E-state index in [1.165, 1.54) is 12.5 Å². The van der Waals surface area contributed by atoms with E-state index in [1.54, 1.807) is 0 Å². The van der Waals surface area contributed by atoms with E-state index in [-0.39, 0.29) is 17.4 Å². The average molecular weight is 218 g/mol. The highest BCUT2D eigenvalue weighted by Crippen LogP contribution is 2.57. The van der Waals surface area contributed by atoms with Gasteiger partial charge in [0, 0.05) is 24.6 Å². The fourth-order valence-electron chi connectivity index (χ4n) is 2.29. The van der Waals surface area contributed by atoms with Crippen LogP contribution in [-0.2, 0) is 4.79 Å². The number of nitrogens with two attached hydrogens (primary N) is 1. The van der Waals surface area contributed by atoms with Crippen molar-refractivity contribution in [2.75, 3.05) is 5.32 Å². The fourth-order valence-corrected chi connectivity index (χ4v) is 2.29. The Balaban J connectivity index is 2.12. The SMILES string of the molecule is CC(=O)Nc1ccc([C@H]2[C@H](N)C2(C)C)cc1. The van der Waals surface area contributed by atoms with Gasteiger partial charge in [0.15, 0.2) is 0 Å². The summed E-state index contributed by atoms with van der Waals surface area (Å²) in [4.78, 5) is 10.9. The lowest BCUT2D eigenvalue weighted by molar-refractivity contribution is -0.114. The molecule has 0 bridgehead atoms. The minimum atomic E-state index is -0.0452. The van der Waals surface area contributed by atoms with Crippen LogP contribution >= 0.6 is 0 Å². The summed E-state index contributed by atoms with van der Waals surface area (Å²) in [5, 5.41) is 2.75. The molecule has 1 amide bonds. The van der Waals surface area contributed by atoms with Crippen LogP contribution < -0.4 is 11.1 Å². The molecular weight excluding hydrogens is 200 g/mol. The number of nitrogens with one attached hydrogen (secondary N) is 1. The Morgan fingerprint density at radius 1 is 1.31 bits per heavy atom. The quantitative estimate of drug-likeness (QED) is 0.798. The van der Waals surface area contributed by atoms with Gasteiger partial charge < -0.3 is 11.1 Å². The van der Waals surface area contributed by atoms with Crippen molar-refractivity contribution in [2.45, 2.75) is 32.7 Å². The van der Waals surface area contributed by atoms with E-state index in [2.05, 4.69) is 19.2 Å². The van der Waals surface area contributed by atoms with Gasteiger partial charge >= 0.3 is 0 Å². The first-order valence-electron chi connectivity index (χ1n) is 5.56. The Labute approximate surface area is 96.0 Å². The third-order valence-electron chi connectivity index (χ3n) is 3.50. The summed E-state index contributed by atoms with van der Waals surface area (Å²) in [6, 6.07) is 8.20. The van der Waals surface area contributed by atoms with Crippen molar-refractivity contribution in [1.29, 1.82) is 0 Å². The molecule has 0 spiro atoms. The van der Waals surface area contributed by atoms with Crippen molar-refractivity contribution in [2.24, 2.45) is 11.1 Å². The molecule has 2 atom stereocenters. The standard InChI is InChI=1S/C13H18N2O/c1-8(16)15-10-6-4-9(5-7-10)11-12(14)13(11,2)3/h4-7,11-12H,14H2,1-3H3,(H,15,16)/t11-,12-/m0/s1. The minimum absolute atomic E-state index is 0.0452. The molecule has 86 valence electrons. The van der Waals surface area contributed by atoms with Crippen LogP contribution in [0.3, 0.4) is 0 Å². The van der Waals surface area contributed by atoms with Crippen molar-refractivity contribution in [3.8, 4) is 0 Å². The van der Waals surface area contributed by atoms with Gasteiger partial charge in [-0.15, -0.1) is 0 Å². The first kappa shape index (κ1) is 11.1. The van der Waals surface area contributed by atoms with Crippen molar-refractivity contribution in [1.82, 2.24) is 0 Å². The van der Waals surface area contributed by atoms with Crippen molar-refractivity contribution in [3.05, 3.63) is 29.8 Å². The lowest BCUT2D eigenvalue weighted by Crippen LogP contribution is -2.06. The van der Waals surface area contributed by atoms with E-state index in [4.69, 9.17) is 5.73 Å². The smallest absolute Gasteiger partial charge is 0.221 e. The number of anilines is 1. The Bertz CT molecular complexity index is 408. The number of benzene rings is 1. The number of amides is 1. The summed E-state index contributed by atoms with van der Waals surface area (Å²) in [6.45, 7) is 5.88. The van der Waals surface area contributed by atoms with Crippen molar-refractivity contribution < 1.29 is 4.79 Å². The van der Waals surface area contributed by atoms with E-state index in [1.807, 2.05) is 24.3 Å². The van der Waals surface area contributed by atoms with E-state index < -0.39 is 0 Å². The van der Waals surface area contributed by atoms with Gasteiger partial charge in [-0.3, -0.25) is 4.79 Å². The monoisotopic (exact) mass is 218 g/mol. The highest BCUT2D eigenvalue weighted by Gasteiger charge is 2.55. The van der Waals surface area contributed by atoms with Crippen LogP contribution in [0, 0.1) is 5.41 Å². The average Bonchev–Trinajstić information content (AvgIpc) is 2.67. The first-order chi connectivity index (χ1) is 7.43. The van der Waals surface area contributed by atoms with Gasteiger partial charge in [0.05, 0.1) is 0 Å². The maximum atomic E-state index is 10.9. The minimum Gasteiger partial charge on any atom is -0.327 e. The summed E-state index contributed by atoms with van der Waals surface area (Å²) in [7, 11) is 0. The number of carbonyl (C=O) groups is 1. The van der Waals surface area contributed by atoms with Gasteiger partial charge in [-0.05, 0) is 23.1 Å². The summed E-state index contributed by atoms with van der Waals surface area (Å²) in [5.74, 6) is 0.398. The molecule has 0 radical (unpaired) electrons. The van der Waals surface area contributed by atoms with E-state index in [0.717, 1.165) is 5.69 Å². The number of hydrogen-bond donors (Lipinski definition) is 2. The lowest BCUT2D eigenvalue weighted by Gasteiger charge is -2.05. The van der Waals surface area contributed by atoms with E-state index >= 15 is 0 Å². The molecule has 3 N–H and O–H groups in total. The van der Waals surface area contributed by atoms with Gasteiger partial charge in [-0.1, -0.05) is 26.0 Å². The molecule has 1 aliphatic rings.